The number of hydrogen-bond donors (Lipinski definition) is 3. The van der Waals surface area contributed by atoms with Crippen molar-refractivity contribution in [3.05, 3.63) is 0 Å². The van der Waals surface area contributed by atoms with E-state index in [1.807, 2.05) is 13.2 Å². The number of urea groups is 1. The maximum absolute atomic E-state index is 11.4. The van der Waals surface area contributed by atoms with Gasteiger partial charge >= 0.3 is 12.0 Å². The van der Waals surface area contributed by atoms with E-state index in [1.54, 1.807) is 11.8 Å². The zero-order valence-corrected chi connectivity index (χ0v) is 10.3. The van der Waals surface area contributed by atoms with Crippen molar-refractivity contribution < 1.29 is 14.7 Å². The quantitative estimate of drug-likeness (QED) is 0.650. The van der Waals surface area contributed by atoms with Gasteiger partial charge in [0.15, 0.2) is 0 Å². The summed E-state index contributed by atoms with van der Waals surface area (Å²) in [4.78, 5) is 22.3. The molecule has 5 nitrogen and oxygen atoms in total. The van der Waals surface area contributed by atoms with Gasteiger partial charge in [0.1, 0.15) is 6.04 Å². The van der Waals surface area contributed by atoms with E-state index in [-0.39, 0.29) is 12.1 Å². The van der Waals surface area contributed by atoms with Gasteiger partial charge in [-0.1, -0.05) is 6.92 Å². The summed E-state index contributed by atoms with van der Waals surface area (Å²) in [6.45, 7) is 2.05. The van der Waals surface area contributed by atoms with Crippen molar-refractivity contribution in [3.8, 4) is 0 Å². The molecule has 1 rings (SSSR count). The summed E-state index contributed by atoms with van der Waals surface area (Å²) in [5.74, 6) is 0.255. The Bertz CT molecular complexity index is 273. The van der Waals surface area contributed by atoms with Gasteiger partial charge in [0.2, 0.25) is 0 Å². The third kappa shape index (κ3) is 4.30. The Morgan fingerprint density at radius 1 is 1.56 bits per heavy atom. The van der Waals surface area contributed by atoms with Gasteiger partial charge in [-0.2, -0.15) is 11.8 Å². The van der Waals surface area contributed by atoms with Crippen molar-refractivity contribution in [1.29, 1.82) is 0 Å². The SMILES string of the molecule is CSCC[C@@H](NC(=O)NC1CC1C)C(=O)O. The van der Waals surface area contributed by atoms with Crippen LogP contribution in [-0.4, -0.2) is 41.2 Å². The maximum atomic E-state index is 11.4. The van der Waals surface area contributed by atoms with Crippen LogP contribution in [0, 0.1) is 5.92 Å². The second-order valence-corrected chi connectivity index (χ2v) is 5.10. The monoisotopic (exact) mass is 246 g/mol. The molecule has 0 spiro atoms. The smallest absolute Gasteiger partial charge is 0.326 e. The van der Waals surface area contributed by atoms with E-state index in [2.05, 4.69) is 10.6 Å². The van der Waals surface area contributed by atoms with Crippen LogP contribution in [0.4, 0.5) is 4.79 Å². The molecule has 0 heterocycles. The number of carboxylic acids is 1. The first-order chi connectivity index (χ1) is 7.54. The molecular formula is C10H18N2O3S. The third-order valence-corrected chi connectivity index (χ3v) is 3.28. The van der Waals surface area contributed by atoms with E-state index in [9.17, 15) is 9.59 Å². The molecule has 0 saturated heterocycles. The first-order valence-electron chi connectivity index (χ1n) is 5.33. The number of carboxylic acid groups (broad SMARTS) is 1. The topological polar surface area (TPSA) is 78.4 Å². The molecule has 3 N–H and O–H groups in total. The average Bonchev–Trinajstić information content (AvgIpc) is 2.88. The van der Waals surface area contributed by atoms with Gasteiger partial charge in [-0.25, -0.2) is 9.59 Å². The van der Waals surface area contributed by atoms with Crippen molar-refractivity contribution in [2.75, 3.05) is 12.0 Å². The molecule has 0 aliphatic heterocycles. The van der Waals surface area contributed by atoms with Crippen LogP contribution in [0.1, 0.15) is 19.8 Å². The van der Waals surface area contributed by atoms with Crippen molar-refractivity contribution >= 4 is 23.8 Å². The van der Waals surface area contributed by atoms with E-state index in [0.29, 0.717) is 12.3 Å². The highest BCUT2D eigenvalue weighted by atomic mass is 32.2. The molecule has 16 heavy (non-hydrogen) atoms. The number of nitrogens with one attached hydrogen (secondary N) is 2. The summed E-state index contributed by atoms with van der Waals surface area (Å²) in [5.41, 5.74) is 0. The summed E-state index contributed by atoms with van der Waals surface area (Å²) < 4.78 is 0. The number of aliphatic carboxylic acids is 1. The standard InChI is InChI=1S/C10H18N2O3S/c1-6-5-8(6)12-10(15)11-7(9(13)14)3-4-16-2/h6-8H,3-5H2,1-2H3,(H,13,14)(H2,11,12,15)/t6?,7-,8?/m1/s1. The minimum Gasteiger partial charge on any atom is -0.480 e. The first kappa shape index (κ1) is 13.2. The fourth-order valence-electron chi connectivity index (χ4n) is 1.38. The van der Waals surface area contributed by atoms with E-state index >= 15 is 0 Å². The Morgan fingerprint density at radius 3 is 2.62 bits per heavy atom. The predicted molar refractivity (Wildman–Crippen MR) is 63.7 cm³/mol. The first-order valence-corrected chi connectivity index (χ1v) is 6.72. The second-order valence-electron chi connectivity index (χ2n) is 4.11. The summed E-state index contributed by atoms with van der Waals surface area (Å²) >= 11 is 1.57. The highest BCUT2D eigenvalue weighted by Gasteiger charge is 2.34. The van der Waals surface area contributed by atoms with Crippen LogP contribution in [0.25, 0.3) is 0 Å². The zero-order chi connectivity index (χ0) is 12.1. The molecule has 0 radical (unpaired) electrons. The van der Waals surface area contributed by atoms with Crippen LogP contribution in [0.15, 0.2) is 0 Å². The van der Waals surface area contributed by atoms with Gasteiger partial charge in [-0.3, -0.25) is 0 Å². The number of thioether (sulfide) groups is 1. The molecular weight excluding hydrogens is 228 g/mol. The molecule has 1 saturated carbocycles. The van der Waals surface area contributed by atoms with Crippen LogP contribution >= 0.6 is 11.8 Å². The van der Waals surface area contributed by atoms with Crippen LogP contribution in [-0.2, 0) is 4.79 Å². The summed E-state index contributed by atoms with van der Waals surface area (Å²) in [6.07, 6.45) is 3.34. The molecule has 6 heteroatoms. The van der Waals surface area contributed by atoms with Gasteiger partial charge < -0.3 is 15.7 Å². The number of carbonyl (C=O) groups excluding carboxylic acids is 1. The van der Waals surface area contributed by atoms with Gasteiger partial charge in [-0.15, -0.1) is 0 Å². The van der Waals surface area contributed by atoms with Crippen molar-refractivity contribution in [3.63, 3.8) is 0 Å². The van der Waals surface area contributed by atoms with Crippen molar-refractivity contribution in [1.82, 2.24) is 10.6 Å². The highest BCUT2D eigenvalue weighted by Crippen LogP contribution is 2.28. The van der Waals surface area contributed by atoms with Crippen LogP contribution in [0.5, 0.6) is 0 Å². The minimum absolute atomic E-state index is 0.218. The number of amides is 2. The Morgan fingerprint density at radius 2 is 2.19 bits per heavy atom. The Hall–Kier alpha value is -0.910. The molecule has 1 fully saturated rings. The molecule has 3 atom stereocenters. The van der Waals surface area contributed by atoms with Crippen LogP contribution < -0.4 is 10.6 Å². The lowest BCUT2D eigenvalue weighted by Gasteiger charge is -2.14. The lowest BCUT2D eigenvalue weighted by molar-refractivity contribution is -0.139. The third-order valence-electron chi connectivity index (χ3n) is 2.64. The molecule has 0 bridgehead atoms. The summed E-state index contributed by atoms with van der Waals surface area (Å²) in [5, 5.41) is 14.1. The van der Waals surface area contributed by atoms with Crippen molar-refractivity contribution in [2.24, 2.45) is 5.92 Å². The van der Waals surface area contributed by atoms with Crippen molar-refractivity contribution in [2.45, 2.75) is 31.8 Å². The molecule has 0 aromatic rings. The lowest BCUT2D eigenvalue weighted by Crippen LogP contribution is -2.47. The average molecular weight is 246 g/mol. The molecule has 0 aromatic carbocycles. The van der Waals surface area contributed by atoms with Crippen LogP contribution in [0.2, 0.25) is 0 Å². The van der Waals surface area contributed by atoms with Crippen LogP contribution in [0.3, 0.4) is 0 Å². The number of rotatable bonds is 6. The second kappa shape index (κ2) is 5.98. The maximum Gasteiger partial charge on any atom is 0.326 e. The molecule has 2 unspecified atom stereocenters. The molecule has 0 aromatic heterocycles. The van der Waals surface area contributed by atoms with Gasteiger partial charge in [-0.05, 0) is 30.8 Å². The predicted octanol–water partition coefficient (Wildman–Crippen LogP) is 0.900. The molecule has 1 aliphatic carbocycles. The highest BCUT2D eigenvalue weighted by molar-refractivity contribution is 7.98. The Balaban J connectivity index is 2.29. The van der Waals surface area contributed by atoms with E-state index in [0.717, 1.165) is 12.2 Å². The Kier molecular flexibility index (Phi) is 4.92. The molecule has 1 aliphatic rings. The number of carbonyl (C=O) groups is 2. The molecule has 2 amide bonds. The normalized spacial score (nSPS) is 24.6. The lowest BCUT2D eigenvalue weighted by atomic mass is 10.2. The van der Waals surface area contributed by atoms with Gasteiger partial charge in [0.05, 0.1) is 0 Å². The van der Waals surface area contributed by atoms with E-state index in [4.69, 9.17) is 5.11 Å². The summed E-state index contributed by atoms with van der Waals surface area (Å²) in [6, 6.07) is -0.945. The van der Waals surface area contributed by atoms with E-state index < -0.39 is 12.0 Å². The van der Waals surface area contributed by atoms with Gasteiger partial charge in [0, 0.05) is 6.04 Å². The fourth-order valence-corrected chi connectivity index (χ4v) is 1.86. The zero-order valence-electron chi connectivity index (χ0n) is 9.53. The number of hydrogen-bond acceptors (Lipinski definition) is 3. The Labute approximate surface area is 99.4 Å². The molecule has 92 valence electrons. The fraction of sp³-hybridized carbons (Fsp3) is 0.800. The van der Waals surface area contributed by atoms with Gasteiger partial charge in [0.25, 0.3) is 0 Å². The largest absolute Gasteiger partial charge is 0.480 e. The summed E-state index contributed by atoms with van der Waals surface area (Å²) in [7, 11) is 0. The van der Waals surface area contributed by atoms with E-state index in [1.165, 1.54) is 0 Å². The minimum atomic E-state index is -0.979.